The summed E-state index contributed by atoms with van der Waals surface area (Å²) in [7, 11) is 0. The van der Waals surface area contributed by atoms with Gasteiger partial charge in [-0.25, -0.2) is 0 Å². The molecule has 0 aliphatic heterocycles. The molecule has 28 heavy (non-hydrogen) atoms. The molecule has 0 spiro atoms. The van der Waals surface area contributed by atoms with Crippen molar-refractivity contribution in [1.29, 1.82) is 5.26 Å². The standard InChI is InChI=1S/C27H31N/c1-3-5-21-9-14-25(15-10-21)26-16-11-22(12-17-26)7-8-23-13-18-24(6-4-2)27(19-23)20-28/h11-13,16-19,21,25H,3-6,9-10,14-15H2,1-2H3. The summed E-state index contributed by atoms with van der Waals surface area (Å²) in [6, 6.07) is 17.1. The average Bonchev–Trinajstić information content (AvgIpc) is 2.74. The van der Waals surface area contributed by atoms with Crippen molar-refractivity contribution < 1.29 is 0 Å². The summed E-state index contributed by atoms with van der Waals surface area (Å²) in [6.07, 6.45) is 10.1. The highest BCUT2D eigenvalue weighted by Gasteiger charge is 2.21. The summed E-state index contributed by atoms with van der Waals surface area (Å²) in [5.41, 5.74) is 5.29. The van der Waals surface area contributed by atoms with Gasteiger partial charge >= 0.3 is 0 Å². The van der Waals surface area contributed by atoms with Gasteiger partial charge in [0.25, 0.3) is 0 Å². The fourth-order valence-electron chi connectivity index (χ4n) is 4.42. The van der Waals surface area contributed by atoms with E-state index >= 15 is 0 Å². The minimum atomic E-state index is 0.722. The van der Waals surface area contributed by atoms with E-state index in [4.69, 9.17) is 0 Å². The first-order chi connectivity index (χ1) is 13.7. The molecule has 0 aromatic heterocycles. The molecular weight excluding hydrogens is 338 g/mol. The van der Waals surface area contributed by atoms with E-state index < -0.39 is 0 Å². The summed E-state index contributed by atoms with van der Waals surface area (Å²) in [5.74, 6) is 8.15. The minimum absolute atomic E-state index is 0.722. The molecule has 0 saturated heterocycles. The van der Waals surface area contributed by atoms with E-state index in [1.165, 1.54) is 44.1 Å². The molecule has 0 atom stereocenters. The van der Waals surface area contributed by atoms with Crippen LogP contribution in [0.25, 0.3) is 0 Å². The van der Waals surface area contributed by atoms with Crippen molar-refractivity contribution in [2.45, 2.75) is 71.1 Å². The monoisotopic (exact) mass is 369 g/mol. The van der Waals surface area contributed by atoms with Crippen molar-refractivity contribution in [2.75, 3.05) is 0 Å². The zero-order valence-electron chi connectivity index (χ0n) is 17.3. The van der Waals surface area contributed by atoms with Crippen molar-refractivity contribution >= 4 is 0 Å². The van der Waals surface area contributed by atoms with Crippen LogP contribution >= 0.6 is 0 Å². The quantitative estimate of drug-likeness (QED) is 0.521. The van der Waals surface area contributed by atoms with E-state index in [1.807, 2.05) is 18.2 Å². The second kappa shape index (κ2) is 10.1. The molecule has 1 saturated carbocycles. The molecule has 1 fully saturated rings. The lowest BCUT2D eigenvalue weighted by Gasteiger charge is -2.28. The Morgan fingerprint density at radius 2 is 1.54 bits per heavy atom. The van der Waals surface area contributed by atoms with E-state index in [-0.39, 0.29) is 0 Å². The molecule has 2 aromatic rings. The van der Waals surface area contributed by atoms with Gasteiger partial charge in [0.2, 0.25) is 0 Å². The van der Waals surface area contributed by atoms with Gasteiger partial charge in [0.05, 0.1) is 11.6 Å². The molecule has 0 bridgehead atoms. The van der Waals surface area contributed by atoms with Crippen molar-refractivity contribution in [3.8, 4) is 17.9 Å². The Morgan fingerprint density at radius 1 is 0.857 bits per heavy atom. The largest absolute Gasteiger partial charge is 0.192 e. The highest BCUT2D eigenvalue weighted by atomic mass is 14.3. The van der Waals surface area contributed by atoms with Crippen LogP contribution in [0.1, 0.15) is 92.5 Å². The van der Waals surface area contributed by atoms with Gasteiger partial charge in [-0.1, -0.05) is 63.1 Å². The van der Waals surface area contributed by atoms with Crippen molar-refractivity contribution in [1.82, 2.24) is 0 Å². The molecule has 144 valence electrons. The van der Waals surface area contributed by atoms with Gasteiger partial charge in [0, 0.05) is 11.1 Å². The molecule has 0 amide bonds. The van der Waals surface area contributed by atoms with E-state index in [1.54, 1.807) is 0 Å². The fraction of sp³-hybridized carbons (Fsp3) is 0.444. The first kappa shape index (κ1) is 20.2. The summed E-state index contributed by atoms with van der Waals surface area (Å²) < 4.78 is 0. The van der Waals surface area contributed by atoms with E-state index in [0.717, 1.165) is 46.9 Å². The smallest absolute Gasteiger partial charge is 0.0994 e. The maximum atomic E-state index is 9.36. The Kier molecular flexibility index (Phi) is 7.33. The average molecular weight is 370 g/mol. The van der Waals surface area contributed by atoms with Gasteiger partial charge in [-0.05, 0) is 79.3 Å². The zero-order chi connectivity index (χ0) is 19.8. The van der Waals surface area contributed by atoms with Crippen LogP contribution in [-0.2, 0) is 6.42 Å². The highest BCUT2D eigenvalue weighted by Crippen LogP contribution is 2.37. The van der Waals surface area contributed by atoms with Gasteiger partial charge in [0.1, 0.15) is 0 Å². The molecule has 1 aliphatic carbocycles. The maximum Gasteiger partial charge on any atom is 0.0994 e. The molecule has 0 N–H and O–H groups in total. The van der Waals surface area contributed by atoms with E-state index in [0.29, 0.717) is 0 Å². The molecular formula is C27H31N. The summed E-state index contributed by atoms with van der Waals surface area (Å²) in [6.45, 7) is 4.43. The molecule has 1 aliphatic rings. The lowest BCUT2D eigenvalue weighted by molar-refractivity contribution is 0.308. The first-order valence-electron chi connectivity index (χ1n) is 10.9. The van der Waals surface area contributed by atoms with E-state index in [9.17, 15) is 5.26 Å². The molecule has 0 unspecified atom stereocenters. The van der Waals surface area contributed by atoms with E-state index in [2.05, 4.69) is 56.0 Å². The molecule has 1 nitrogen and oxygen atoms in total. The van der Waals surface area contributed by atoms with Crippen LogP contribution in [0.15, 0.2) is 42.5 Å². The number of nitrogens with zero attached hydrogens (tertiary/aromatic N) is 1. The Balaban J connectivity index is 1.65. The van der Waals surface area contributed by atoms with Crippen LogP contribution in [0.4, 0.5) is 0 Å². The van der Waals surface area contributed by atoms with Crippen LogP contribution < -0.4 is 0 Å². The Morgan fingerprint density at radius 3 is 2.18 bits per heavy atom. The lowest BCUT2D eigenvalue weighted by atomic mass is 9.77. The van der Waals surface area contributed by atoms with Crippen LogP contribution in [0.2, 0.25) is 0 Å². The number of hydrogen-bond acceptors (Lipinski definition) is 1. The Labute approximate surface area is 170 Å². The maximum absolute atomic E-state index is 9.36. The third kappa shape index (κ3) is 5.27. The zero-order valence-corrected chi connectivity index (χ0v) is 17.3. The third-order valence-corrected chi connectivity index (χ3v) is 6.03. The second-order valence-electron chi connectivity index (χ2n) is 8.11. The number of benzene rings is 2. The third-order valence-electron chi connectivity index (χ3n) is 6.03. The van der Waals surface area contributed by atoms with Crippen molar-refractivity contribution in [2.24, 2.45) is 5.92 Å². The summed E-state index contributed by atoms with van der Waals surface area (Å²) >= 11 is 0. The molecule has 0 heterocycles. The molecule has 1 heteroatoms. The second-order valence-corrected chi connectivity index (χ2v) is 8.11. The molecule has 3 rings (SSSR count). The summed E-state index contributed by atoms with van der Waals surface area (Å²) in [4.78, 5) is 0. The van der Waals surface area contributed by atoms with Gasteiger partial charge in [-0.2, -0.15) is 5.26 Å². The molecule has 0 radical (unpaired) electrons. The predicted octanol–water partition coefficient (Wildman–Crippen LogP) is 6.98. The summed E-state index contributed by atoms with van der Waals surface area (Å²) in [5, 5.41) is 9.36. The Bertz CT molecular complexity index is 865. The predicted molar refractivity (Wildman–Crippen MR) is 117 cm³/mol. The fourth-order valence-corrected chi connectivity index (χ4v) is 4.42. The topological polar surface area (TPSA) is 23.8 Å². The van der Waals surface area contributed by atoms with Gasteiger partial charge in [-0.3, -0.25) is 0 Å². The van der Waals surface area contributed by atoms with Crippen LogP contribution in [-0.4, -0.2) is 0 Å². The van der Waals surface area contributed by atoms with Gasteiger partial charge < -0.3 is 0 Å². The Hall–Kier alpha value is -2.51. The minimum Gasteiger partial charge on any atom is -0.192 e. The number of nitriles is 1. The van der Waals surface area contributed by atoms with Crippen LogP contribution in [0.3, 0.4) is 0 Å². The SMILES string of the molecule is CCCc1ccc(C#Cc2ccc(C3CCC(CCC)CC3)cc2)cc1C#N. The number of hydrogen-bond donors (Lipinski definition) is 0. The van der Waals surface area contributed by atoms with Crippen LogP contribution in [0.5, 0.6) is 0 Å². The number of rotatable bonds is 5. The number of aryl methyl sites for hydroxylation is 1. The van der Waals surface area contributed by atoms with Crippen LogP contribution in [0, 0.1) is 29.1 Å². The first-order valence-corrected chi connectivity index (χ1v) is 10.9. The van der Waals surface area contributed by atoms with Crippen molar-refractivity contribution in [3.63, 3.8) is 0 Å². The lowest BCUT2D eigenvalue weighted by Crippen LogP contribution is -2.13. The van der Waals surface area contributed by atoms with Gasteiger partial charge in [0.15, 0.2) is 0 Å². The molecule has 2 aromatic carbocycles. The normalized spacial score (nSPS) is 18.8. The van der Waals surface area contributed by atoms with Gasteiger partial charge in [-0.15, -0.1) is 0 Å². The van der Waals surface area contributed by atoms with Crippen molar-refractivity contribution in [3.05, 3.63) is 70.3 Å². The highest BCUT2D eigenvalue weighted by molar-refractivity contribution is 5.49.